The van der Waals surface area contributed by atoms with Crippen LogP contribution in [0.15, 0.2) is 54.6 Å². The van der Waals surface area contributed by atoms with E-state index in [0.717, 1.165) is 26.2 Å². The van der Waals surface area contributed by atoms with Crippen molar-refractivity contribution in [1.29, 1.82) is 0 Å². The number of quaternary nitrogens is 2. The Kier molecular flexibility index (Phi) is 6.24. The fourth-order valence-corrected chi connectivity index (χ4v) is 2.20. The van der Waals surface area contributed by atoms with Gasteiger partial charge in [0, 0.05) is 5.56 Å². The first-order chi connectivity index (χ1) is 9.90. The topological polar surface area (TPSA) is 53.5 Å². The van der Waals surface area contributed by atoms with E-state index in [9.17, 15) is 0 Å². The summed E-state index contributed by atoms with van der Waals surface area (Å²) in [5.74, 6) is 0. The molecular weight excluding hydrogens is 248 g/mol. The number of nitrogens with two attached hydrogens (primary N) is 2. The molecule has 0 saturated heterocycles. The minimum atomic E-state index is 0.265. The van der Waals surface area contributed by atoms with Crippen molar-refractivity contribution in [3.63, 3.8) is 0 Å². The number of benzene rings is 2. The highest BCUT2D eigenvalue weighted by Gasteiger charge is 1.99. The molecule has 20 heavy (non-hydrogen) atoms. The molecule has 2 rings (SSSR count). The van der Waals surface area contributed by atoms with Crippen molar-refractivity contribution in [2.45, 2.75) is 6.54 Å². The van der Waals surface area contributed by atoms with Gasteiger partial charge in [-0.25, -0.2) is 0 Å². The molecule has 2 aromatic rings. The molecule has 0 radical (unpaired) electrons. The molecule has 0 aliphatic rings. The van der Waals surface area contributed by atoms with Gasteiger partial charge in [0.15, 0.2) is 0 Å². The maximum atomic E-state index is 8.68. The van der Waals surface area contributed by atoms with Gasteiger partial charge < -0.3 is 15.7 Å². The predicted octanol–water partition coefficient (Wildman–Crippen LogP) is -0.0273. The van der Waals surface area contributed by atoms with E-state index in [1.807, 2.05) is 6.07 Å². The van der Waals surface area contributed by atoms with Crippen molar-refractivity contribution >= 4 is 0 Å². The number of hydrogen-bond donors (Lipinski definition) is 3. The summed E-state index contributed by atoms with van der Waals surface area (Å²) in [6.07, 6.45) is 0. The van der Waals surface area contributed by atoms with Crippen LogP contribution in [-0.2, 0) is 6.54 Å². The molecule has 0 amide bonds. The van der Waals surface area contributed by atoms with E-state index < -0.39 is 0 Å². The molecule has 0 aliphatic carbocycles. The molecule has 106 valence electrons. The molecule has 2 aromatic carbocycles. The van der Waals surface area contributed by atoms with Crippen molar-refractivity contribution < 1.29 is 15.7 Å². The zero-order valence-corrected chi connectivity index (χ0v) is 11.8. The Labute approximate surface area is 120 Å². The molecular formula is C17H24N2O+2. The molecule has 0 spiro atoms. The lowest BCUT2D eigenvalue weighted by Crippen LogP contribution is -2.94. The molecule has 0 aromatic heterocycles. The van der Waals surface area contributed by atoms with Crippen LogP contribution in [0.1, 0.15) is 5.56 Å². The normalized spacial score (nSPS) is 10.7. The standard InChI is InChI=1S/C17H22N2O/c20-13-12-18-10-11-19-14-15-6-8-17(9-7-15)16-4-2-1-3-5-16/h1-9,18-20H,10-14H2/p+2. The van der Waals surface area contributed by atoms with Crippen molar-refractivity contribution in [3.8, 4) is 11.1 Å². The van der Waals surface area contributed by atoms with Crippen molar-refractivity contribution in [3.05, 3.63) is 60.2 Å². The lowest BCUT2D eigenvalue weighted by Gasteiger charge is -2.04. The summed E-state index contributed by atoms with van der Waals surface area (Å²) in [4.78, 5) is 0. The summed E-state index contributed by atoms with van der Waals surface area (Å²) in [5.41, 5.74) is 3.89. The van der Waals surface area contributed by atoms with E-state index in [0.29, 0.717) is 0 Å². The van der Waals surface area contributed by atoms with Crippen LogP contribution < -0.4 is 10.6 Å². The van der Waals surface area contributed by atoms with E-state index in [1.165, 1.54) is 16.7 Å². The summed E-state index contributed by atoms with van der Waals surface area (Å²) >= 11 is 0. The third kappa shape index (κ3) is 4.78. The molecule has 0 atom stereocenters. The number of aliphatic hydroxyl groups excluding tert-OH is 1. The summed E-state index contributed by atoms with van der Waals surface area (Å²) < 4.78 is 0. The monoisotopic (exact) mass is 272 g/mol. The van der Waals surface area contributed by atoms with E-state index in [4.69, 9.17) is 5.11 Å². The maximum absolute atomic E-state index is 8.68. The van der Waals surface area contributed by atoms with Crippen LogP contribution in [0.25, 0.3) is 11.1 Å². The predicted molar refractivity (Wildman–Crippen MR) is 81.1 cm³/mol. The molecule has 5 N–H and O–H groups in total. The molecule has 3 heteroatoms. The van der Waals surface area contributed by atoms with E-state index in [-0.39, 0.29) is 6.61 Å². The Balaban J connectivity index is 1.77. The third-order valence-corrected chi connectivity index (χ3v) is 3.35. The van der Waals surface area contributed by atoms with Gasteiger partial charge in [-0.05, 0) is 11.1 Å². The number of hydrogen-bond acceptors (Lipinski definition) is 1. The quantitative estimate of drug-likeness (QED) is 0.581. The van der Waals surface area contributed by atoms with E-state index >= 15 is 0 Å². The van der Waals surface area contributed by atoms with Gasteiger partial charge in [-0.1, -0.05) is 54.6 Å². The Morgan fingerprint density at radius 3 is 2.05 bits per heavy atom. The molecule has 0 fully saturated rings. The average molecular weight is 272 g/mol. The first-order valence-electron chi connectivity index (χ1n) is 7.28. The summed E-state index contributed by atoms with van der Waals surface area (Å²) in [5, 5.41) is 13.1. The van der Waals surface area contributed by atoms with Crippen molar-refractivity contribution in [2.75, 3.05) is 26.2 Å². The van der Waals surface area contributed by atoms with Gasteiger partial charge >= 0.3 is 0 Å². The molecule has 0 bridgehead atoms. The van der Waals surface area contributed by atoms with Gasteiger partial charge in [-0.15, -0.1) is 0 Å². The van der Waals surface area contributed by atoms with Gasteiger partial charge in [-0.2, -0.15) is 0 Å². The second kappa shape index (κ2) is 8.48. The molecule has 3 nitrogen and oxygen atoms in total. The van der Waals surface area contributed by atoms with Crippen LogP contribution in [-0.4, -0.2) is 31.3 Å². The molecule has 0 unspecified atom stereocenters. The molecule has 0 saturated carbocycles. The fourth-order valence-electron chi connectivity index (χ4n) is 2.20. The van der Waals surface area contributed by atoms with Crippen LogP contribution >= 0.6 is 0 Å². The second-order valence-electron chi connectivity index (χ2n) is 4.93. The van der Waals surface area contributed by atoms with Gasteiger partial charge in [0.1, 0.15) is 19.6 Å². The highest BCUT2D eigenvalue weighted by atomic mass is 16.3. The lowest BCUT2D eigenvalue weighted by molar-refractivity contribution is -0.731. The highest BCUT2D eigenvalue weighted by molar-refractivity contribution is 5.63. The van der Waals surface area contributed by atoms with Crippen LogP contribution in [0, 0.1) is 0 Å². The van der Waals surface area contributed by atoms with Gasteiger partial charge in [0.25, 0.3) is 0 Å². The minimum absolute atomic E-state index is 0.265. The summed E-state index contributed by atoms with van der Waals surface area (Å²) in [6.45, 7) is 4.23. The average Bonchev–Trinajstić information content (AvgIpc) is 2.52. The highest BCUT2D eigenvalue weighted by Crippen LogP contribution is 2.18. The Bertz CT molecular complexity index is 482. The Morgan fingerprint density at radius 1 is 0.700 bits per heavy atom. The van der Waals surface area contributed by atoms with Crippen LogP contribution in [0.5, 0.6) is 0 Å². The first-order valence-corrected chi connectivity index (χ1v) is 7.28. The smallest absolute Gasteiger partial charge is 0.125 e. The maximum Gasteiger partial charge on any atom is 0.125 e. The lowest BCUT2D eigenvalue weighted by atomic mass is 10.0. The van der Waals surface area contributed by atoms with Crippen LogP contribution in [0.2, 0.25) is 0 Å². The third-order valence-electron chi connectivity index (χ3n) is 3.35. The zero-order valence-electron chi connectivity index (χ0n) is 11.8. The van der Waals surface area contributed by atoms with Gasteiger partial charge in [0.2, 0.25) is 0 Å². The SMILES string of the molecule is OCC[NH2+]CC[NH2+]Cc1ccc(-c2ccccc2)cc1. The largest absolute Gasteiger partial charge is 0.391 e. The Morgan fingerprint density at radius 2 is 1.35 bits per heavy atom. The number of aliphatic hydroxyl groups is 1. The van der Waals surface area contributed by atoms with Gasteiger partial charge in [0.05, 0.1) is 13.2 Å². The zero-order chi connectivity index (χ0) is 14.0. The number of rotatable bonds is 8. The fraction of sp³-hybridized carbons (Fsp3) is 0.294. The van der Waals surface area contributed by atoms with Crippen LogP contribution in [0.3, 0.4) is 0 Å². The molecule has 0 aliphatic heterocycles. The summed E-state index contributed by atoms with van der Waals surface area (Å²) in [6, 6.07) is 19.2. The molecule has 0 heterocycles. The van der Waals surface area contributed by atoms with E-state index in [2.05, 4.69) is 59.2 Å². The summed E-state index contributed by atoms with van der Waals surface area (Å²) in [7, 11) is 0. The second-order valence-corrected chi connectivity index (χ2v) is 4.93. The van der Waals surface area contributed by atoms with Gasteiger partial charge in [-0.3, -0.25) is 0 Å². The van der Waals surface area contributed by atoms with E-state index in [1.54, 1.807) is 0 Å². The first kappa shape index (κ1) is 14.7. The minimum Gasteiger partial charge on any atom is -0.391 e. The van der Waals surface area contributed by atoms with Crippen molar-refractivity contribution in [2.24, 2.45) is 0 Å². The van der Waals surface area contributed by atoms with Crippen molar-refractivity contribution in [1.82, 2.24) is 0 Å². The van der Waals surface area contributed by atoms with Crippen LogP contribution in [0.4, 0.5) is 0 Å². The Hall–Kier alpha value is -1.68.